The van der Waals surface area contributed by atoms with Crippen molar-refractivity contribution in [3.05, 3.63) is 0 Å². The number of hydrogen-bond acceptors (Lipinski definition) is 9. The van der Waals surface area contributed by atoms with Crippen LogP contribution in [0.15, 0.2) is 0 Å². The van der Waals surface area contributed by atoms with Gasteiger partial charge in [-0.3, -0.25) is 0 Å². The molecule has 0 aromatic carbocycles. The summed E-state index contributed by atoms with van der Waals surface area (Å²) in [4.78, 5) is 66.4. The van der Waals surface area contributed by atoms with Crippen molar-refractivity contribution in [3.63, 3.8) is 0 Å². The van der Waals surface area contributed by atoms with Crippen molar-refractivity contribution in [2.75, 3.05) is 0 Å². The van der Waals surface area contributed by atoms with Gasteiger partial charge in [0, 0.05) is 0 Å². The Kier molecular flexibility index (Phi) is 48.8. The van der Waals surface area contributed by atoms with E-state index in [1.165, 1.54) is 0 Å². The van der Waals surface area contributed by atoms with E-state index in [1.807, 2.05) is 0 Å². The third-order valence-corrected chi connectivity index (χ3v) is 13.2. The molecule has 0 amide bonds. The van der Waals surface area contributed by atoms with Gasteiger partial charge in [-0.15, -0.1) is 0 Å². The molecule has 0 fully saturated rings. The van der Waals surface area contributed by atoms with Crippen molar-refractivity contribution in [3.8, 4) is 0 Å². The van der Waals surface area contributed by atoms with Gasteiger partial charge in [0.2, 0.25) is 0 Å². The maximum Gasteiger partial charge on any atom is 3.00 e. The summed E-state index contributed by atoms with van der Waals surface area (Å²) in [5, 5.41) is 0. The minimum absolute atomic E-state index is 0. The molecule has 3 unspecified atom stereocenters. The van der Waals surface area contributed by atoms with Crippen LogP contribution in [-0.4, -0.2) is 17.0 Å². The zero-order valence-corrected chi connectivity index (χ0v) is 37.4. The Bertz CT molecular complexity index is 718. The third-order valence-electron chi connectivity index (χ3n) is 8.94. The monoisotopic (exact) mass is 856 g/mol. The van der Waals surface area contributed by atoms with Crippen LogP contribution in [0.3, 0.4) is 0 Å². The number of unbranched alkanes of at least 4 members (excludes halogenated alkanes) is 15. The second-order valence-corrected chi connectivity index (χ2v) is 19.0. The van der Waals surface area contributed by atoms with Crippen LogP contribution in [0.25, 0.3) is 0 Å². The molecular weight excluding hydrogens is 781 g/mol. The average Bonchev–Trinajstić information content (AvgIpc) is 3.00. The first-order chi connectivity index (χ1) is 22.6. The molecule has 0 spiro atoms. The zero-order valence-electron chi connectivity index (χ0n) is 32.5. The maximum atomic E-state index is 11.1. The van der Waals surface area contributed by atoms with Crippen molar-refractivity contribution >= 4 is 22.8 Å². The van der Waals surface area contributed by atoms with E-state index < -0.39 is 39.8 Å². The van der Waals surface area contributed by atoms with Gasteiger partial charge in [-0.25, -0.2) is 0 Å². The van der Waals surface area contributed by atoms with Crippen LogP contribution in [-0.2, 0) is 47.8 Å². The largest absolute Gasteiger partial charge is 3.00 e. The predicted octanol–water partition coefficient (Wildman–Crippen LogP) is 8.45. The fourth-order valence-electron chi connectivity index (χ4n) is 5.69. The number of rotatable bonds is 30. The molecule has 0 aliphatic heterocycles. The normalized spacial score (nSPS) is 13.4. The summed E-state index contributed by atoms with van der Waals surface area (Å²) < 4.78 is 33.2. The van der Waals surface area contributed by atoms with Crippen LogP contribution in [0.2, 0.25) is 0 Å². The summed E-state index contributed by atoms with van der Waals surface area (Å²) in [5.74, 6) is 0. The summed E-state index contributed by atoms with van der Waals surface area (Å²) in [5.41, 5.74) is -1.84. The molecule has 0 aromatic heterocycles. The average molecular weight is 857 g/mol. The molecule has 0 aromatic rings. The van der Waals surface area contributed by atoms with Gasteiger partial charge in [0.15, 0.2) is 0 Å². The van der Waals surface area contributed by atoms with Crippen LogP contribution in [0, 0.1) is 0 Å². The van der Waals surface area contributed by atoms with E-state index in [2.05, 4.69) is 41.5 Å². The van der Waals surface area contributed by atoms with E-state index in [4.69, 9.17) is 0 Å². The van der Waals surface area contributed by atoms with Crippen molar-refractivity contribution < 1.29 is 77.2 Å². The van der Waals surface area contributed by atoms with E-state index in [1.54, 1.807) is 0 Å². The molecule has 3 atom stereocenters. The van der Waals surface area contributed by atoms with E-state index in [9.17, 15) is 43.1 Å². The molecule has 14 heteroatoms. The Morgan fingerprint density at radius 1 is 0.300 bits per heavy atom. The van der Waals surface area contributed by atoms with E-state index in [0.29, 0.717) is 38.5 Å². The Labute approximate surface area is 330 Å². The Balaban J connectivity index is -0.000000199. The first-order valence-electron chi connectivity index (χ1n) is 19.6. The summed E-state index contributed by atoms with van der Waals surface area (Å²) in [6, 6.07) is 0. The van der Waals surface area contributed by atoms with E-state index >= 15 is 0 Å². The van der Waals surface area contributed by atoms with Gasteiger partial charge in [0.1, 0.15) is 0 Å². The molecular formula is C36H75Fe2O9P3. The quantitative estimate of drug-likeness (QED) is 0.0388. The molecule has 0 aliphatic carbocycles. The molecule has 50 heavy (non-hydrogen) atoms. The Hall–Kier alpha value is 1.49. The first-order valence-corrected chi connectivity index (χ1v) is 24.4. The standard InChI is InChI=1S/3C12H27O3P.2Fe/c3*1-3-5-7-9-11-12(16(13,14)15)10-8-6-4-2;;/h3*12H,3-11H2,1-2H3,(H2,13,14,15);;/q;;;2*+3/p-6. The summed E-state index contributed by atoms with van der Waals surface area (Å²) in [6.07, 6.45) is 24.7. The van der Waals surface area contributed by atoms with Crippen molar-refractivity contribution in [2.45, 2.75) is 232 Å². The van der Waals surface area contributed by atoms with Crippen LogP contribution >= 0.6 is 22.8 Å². The van der Waals surface area contributed by atoms with Gasteiger partial charge < -0.3 is 43.1 Å². The van der Waals surface area contributed by atoms with Gasteiger partial charge in [-0.05, 0) is 55.5 Å². The fourth-order valence-corrected chi connectivity index (χ4v) is 8.68. The zero-order chi connectivity index (χ0) is 37.3. The second-order valence-electron chi connectivity index (χ2n) is 13.6. The minimum atomic E-state index is -4.36. The van der Waals surface area contributed by atoms with Crippen molar-refractivity contribution in [2.24, 2.45) is 0 Å². The van der Waals surface area contributed by atoms with Gasteiger partial charge in [0.05, 0.1) is 0 Å². The van der Waals surface area contributed by atoms with Gasteiger partial charge >= 0.3 is 34.1 Å². The molecule has 0 N–H and O–H groups in total. The van der Waals surface area contributed by atoms with Crippen LogP contribution < -0.4 is 29.4 Å². The van der Waals surface area contributed by atoms with Gasteiger partial charge in [-0.1, -0.05) is 199 Å². The summed E-state index contributed by atoms with van der Waals surface area (Å²) >= 11 is 0. The molecule has 2 radical (unpaired) electrons. The van der Waals surface area contributed by atoms with Crippen LogP contribution in [0.1, 0.15) is 215 Å². The predicted molar refractivity (Wildman–Crippen MR) is 193 cm³/mol. The topological polar surface area (TPSA) is 190 Å². The molecule has 0 saturated heterocycles. The Morgan fingerprint density at radius 3 is 0.580 bits per heavy atom. The fraction of sp³-hybridized carbons (Fsp3) is 1.00. The molecule has 0 heterocycles. The smallest absolute Gasteiger partial charge is 0.811 e. The van der Waals surface area contributed by atoms with Gasteiger partial charge in [-0.2, -0.15) is 0 Å². The molecule has 9 nitrogen and oxygen atoms in total. The second kappa shape index (κ2) is 40.2. The van der Waals surface area contributed by atoms with Crippen LogP contribution in [0.4, 0.5) is 0 Å². The summed E-state index contributed by atoms with van der Waals surface area (Å²) in [6.45, 7) is 12.6. The van der Waals surface area contributed by atoms with Gasteiger partial charge in [0.25, 0.3) is 0 Å². The minimum Gasteiger partial charge on any atom is -0.811 e. The molecule has 304 valence electrons. The van der Waals surface area contributed by atoms with E-state index in [-0.39, 0.29) is 34.1 Å². The first kappa shape index (κ1) is 60.7. The maximum absolute atomic E-state index is 11.1. The molecule has 0 saturated carbocycles. The molecule has 0 rings (SSSR count). The van der Waals surface area contributed by atoms with E-state index in [0.717, 1.165) is 135 Å². The molecule has 0 aliphatic rings. The third kappa shape index (κ3) is 42.2. The summed E-state index contributed by atoms with van der Waals surface area (Å²) in [7, 11) is -13.1. The SMILES string of the molecule is CCCCCCC(CCCCC)P(=O)([O-])[O-].CCCCCCC(CCCCC)P(=O)([O-])[O-].CCCCCCC(CCCCC)P(=O)([O-])[O-].[Fe+3].[Fe+3]. The molecule has 0 bridgehead atoms. The van der Waals surface area contributed by atoms with Crippen molar-refractivity contribution in [1.82, 2.24) is 0 Å². The van der Waals surface area contributed by atoms with Crippen molar-refractivity contribution in [1.29, 1.82) is 0 Å². The number of hydrogen-bond donors (Lipinski definition) is 0. The van der Waals surface area contributed by atoms with Crippen LogP contribution in [0.5, 0.6) is 0 Å². The Morgan fingerprint density at radius 2 is 0.440 bits per heavy atom.